The van der Waals surface area contributed by atoms with Crippen LogP contribution < -0.4 is 5.32 Å². The van der Waals surface area contributed by atoms with Gasteiger partial charge in [-0.25, -0.2) is 4.99 Å². The molecule has 0 saturated heterocycles. The summed E-state index contributed by atoms with van der Waals surface area (Å²) in [6, 6.07) is 0. The first-order valence-electron chi connectivity index (χ1n) is 7.81. The second-order valence-corrected chi connectivity index (χ2v) is 5.79. The number of halogens is 1. The van der Waals surface area contributed by atoms with Crippen molar-refractivity contribution in [2.75, 3.05) is 67.7 Å². The molecule has 1 fully saturated rings. The fraction of sp³-hybridized carbons (Fsp3) is 0.867. The van der Waals surface area contributed by atoms with Gasteiger partial charge >= 0.3 is 0 Å². The molecule has 8 heteroatoms. The maximum Gasteiger partial charge on any atom is 0.243 e. The van der Waals surface area contributed by atoms with Gasteiger partial charge in [-0.1, -0.05) is 0 Å². The van der Waals surface area contributed by atoms with Crippen LogP contribution in [0.1, 0.15) is 12.8 Å². The van der Waals surface area contributed by atoms with Crippen molar-refractivity contribution in [1.82, 2.24) is 15.1 Å². The number of rotatable bonds is 10. The highest BCUT2D eigenvalue weighted by Gasteiger charge is 2.21. The molecule has 1 N–H and O–H groups in total. The van der Waals surface area contributed by atoms with Crippen LogP contribution in [-0.2, 0) is 14.3 Å². The molecule has 0 bridgehead atoms. The zero-order valence-electron chi connectivity index (χ0n) is 14.7. The average molecular weight is 442 g/mol. The SMILES string of the molecule is COCCNC(=NCC(=O)N(C)C)N(C)CCOCC1CC1.I. The lowest BCUT2D eigenvalue weighted by Crippen LogP contribution is -2.42. The summed E-state index contributed by atoms with van der Waals surface area (Å²) >= 11 is 0. The number of nitrogens with one attached hydrogen (secondary N) is 1. The average Bonchev–Trinajstić information content (AvgIpc) is 3.30. The third-order valence-electron chi connectivity index (χ3n) is 3.44. The van der Waals surface area contributed by atoms with E-state index in [0.29, 0.717) is 25.7 Å². The van der Waals surface area contributed by atoms with Crippen molar-refractivity contribution in [3.63, 3.8) is 0 Å². The minimum Gasteiger partial charge on any atom is -0.383 e. The molecular weight excluding hydrogens is 411 g/mol. The quantitative estimate of drug-likeness (QED) is 0.233. The van der Waals surface area contributed by atoms with Gasteiger partial charge in [0.1, 0.15) is 6.54 Å². The summed E-state index contributed by atoms with van der Waals surface area (Å²) in [6.07, 6.45) is 2.60. The summed E-state index contributed by atoms with van der Waals surface area (Å²) in [6.45, 7) is 3.64. The number of likely N-dealkylation sites (N-methyl/N-ethyl adjacent to an activating group) is 2. The predicted molar refractivity (Wildman–Crippen MR) is 102 cm³/mol. The minimum atomic E-state index is -0.0237. The number of nitrogens with zero attached hydrogens (tertiary/aromatic N) is 3. The Morgan fingerprint density at radius 2 is 1.96 bits per heavy atom. The fourth-order valence-corrected chi connectivity index (χ4v) is 1.70. The van der Waals surface area contributed by atoms with Crippen LogP contribution in [0.4, 0.5) is 0 Å². The lowest BCUT2D eigenvalue weighted by atomic mass is 10.5. The van der Waals surface area contributed by atoms with E-state index >= 15 is 0 Å². The van der Waals surface area contributed by atoms with E-state index in [1.54, 1.807) is 21.2 Å². The van der Waals surface area contributed by atoms with Gasteiger partial charge in [0.15, 0.2) is 5.96 Å². The zero-order chi connectivity index (χ0) is 16.4. The third-order valence-corrected chi connectivity index (χ3v) is 3.44. The van der Waals surface area contributed by atoms with Crippen LogP contribution >= 0.6 is 24.0 Å². The first kappa shape index (κ1) is 22.4. The van der Waals surface area contributed by atoms with Crippen LogP contribution in [0, 0.1) is 5.92 Å². The van der Waals surface area contributed by atoms with Crippen LogP contribution in [0.3, 0.4) is 0 Å². The number of aliphatic imine (C=N–C) groups is 1. The number of amides is 1. The molecule has 23 heavy (non-hydrogen) atoms. The predicted octanol–water partition coefficient (Wildman–Crippen LogP) is 0.643. The Morgan fingerprint density at radius 3 is 2.52 bits per heavy atom. The highest BCUT2D eigenvalue weighted by Crippen LogP contribution is 2.28. The van der Waals surface area contributed by atoms with E-state index in [2.05, 4.69) is 10.3 Å². The normalized spacial score (nSPS) is 14.2. The van der Waals surface area contributed by atoms with Crippen LogP contribution in [0.25, 0.3) is 0 Å². The molecule has 0 aromatic heterocycles. The molecule has 0 atom stereocenters. The Hall–Kier alpha value is -0.610. The number of hydrogen-bond donors (Lipinski definition) is 1. The van der Waals surface area contributed by atoms with E-state index in [-0.39, 0.29) is 36.4 Å². The highest BCUT2D eigenvalue weighted by molar-refractivity contribution is 14.0. The summed E-state index contributed by atoms with van der Waals surface area (Å²) in [5.74, 6) is 1.45. The molecule has 0 heterocycles. The van der Waals surface area contributed by atoms with Gasteiger partial charge in [-0.3, -0.25) is 4.79 Å². The van der Waals surface area contributed by atoms with Crippen LogP contribution in [0.5, 0.6) is 0 Å². The molecule has 0 aliphatic heterocycles. The van der Waals surface area contributed by atoms with Crippen molar-refractivity contribution >= 4 is 35.8 Å². The van der Waals surface area contributed by atoms with E-state index in [1.165, 1.54) is 17.7 Å². The van der Waals surface area contributed by atoms with Gasteiger partial charge < -0.3 is 24.6 Å². The van der Waals surface area contributed by atoms with Crippen molar-refractivity contribution < 1.29 is 14.3 Å². The summed E-state index contributed by atoms with van der Waals surface area (Å²) in [5.41, 5.74) is 0. The third kappa shape index (κ3) is 10.7. The van der Waals surface area contributed by atoms with Crippen molar-refractivity contribution in [2.24, 2.45) is 10.9 Å². The van der Waals surface area contributed by atoms with Crippen molar-refractivity contribution in [3.8, 4) is 0 Å². The number of carbonyl (C=O) groups excluding carboxylic acids is 1. The lowest BCUT2D eigenvalue weighted by molar-refractivity contribution is -0.127. The lowest BCUT2D eigenvalue weighted by Gasteiger charge is -2.22. The smallest absolute Gasteiger partial charge is 0.243 e. The van der Waals surface area contributed by atoms with Crippen LogP contribution in [0.15, 0.2) is 4.99 Å². The Balaban J connectivity index is 0.00000484. The molecule has 0 spiro atoms. The van der Waals surface area contributed by atoms with Gasteiger partial charge in [0.05, 0.1) is 13.2 Å². The van der Waals surface area contributed by atoms with Crippen LogP contribution in [0.2, 0.25) is 0 Å². The van der Waals surface area contributed by atoms with E-state index in [0.717, 1.165) is 19.1 Å². The zero-order valence-corrected chi connectivity index (χ0v) is 17.0. The molecule has 7 nitrogen and oxygen atoms in total. The number of ether oxygens (including phenoxy) is 2. The molecule has 1 aliphatic rings. The van der Waals surface area contributed by atoms with Gasteiger partial charge in [0.25, 0.3) is 0 Å². The maximum atomic E-state index is 11.7. The molecule has 0 aromatic carbocycles. The van der Waals surface area contributed by atoms with Crippen molar-refractivity contribution in [2.45, 2.75) is 12.8 Å². The largest absolute Gasteiger partial charge is 0.383 e. The summed E-state index contributed by atoms with van der Waals surface area (Å²) < 4.78 is 10.7. The minimum absolute atomic E-state index is 0. The number of methoxy groups -OCH3 is 1. The van der Waals surface area contributed by atoms with Gasteiger partial charge in [0.2, 0.25) is 5.91 Å². The topological polar surface area (TPSA) is 66.4 Å². The standard InChI is InChI=1S/C15H30N4O3.HI/c1-18(2)14(20)11-17-15(16-7-9-21-4)19(3)8-10-22-12-13-5-6-13;/h13H,5-12H2,1-4H3,(H,16,17);1H. The number of carbonyl (C=O) groups is 1. The van der Waals surface area contributed by atoms with Crippen molar-refractivity contribution in [3.05, 3.63) is 0 Å². The van der Waals surface area contributed by atoms with Crippen LogP contribution in [-0.4, -0.2) is 89.4 Å². The molecule has 1 amide bonds. The molecule has 0 aromatic rings. The van der Waals surface area contributed by atoms with E-state index < -0.39 is 0 Å². The van der Waals surface area contributed by atoms with E-state index in [9.17, 15) is 4.79 Å². The van der Waals surface area contributed by atoms with E-state index in [1.807, 2.05) is 11.9 Å². The summed E-state index contributed by atoms with van der Waals surface area (Å²) in [4.78, 5) is 19.6. The van der Waals surface area contributed by atoms with Gasteiger partial charge in [-0.2, -0.15) is 0 Å². The molecule has 1 rings (SSSR count). The van der Waals surface area contributed by atoms with Gasteiger partial charge in [-0.05, 0) is 18.8 Å². The monoisotopic (exact) mass is 442 g/mol. The first-order chi connectivity index (χ1) is 10.5. The Labute approximate surface area is 156 Å². The highest BCUT2D eigenvalue weighted by atomic mass is 127. The number of guanidine groups is 1. The second-order valence-electron chi connectivity index (χ2n) is 5.79. The molecule has 136 valence electrons. The maximum absolute atomic E-state index is 11.7. The molecule has 1 aliphatic carbocycles. The molecule has 0 unspecified atom stereocenters. The summed E-state index contributed by atoms with van der Waals surface area (Å²) in [5, 5.41) is 3.20. The van der Waals surface area contributed by atoms with Gasteiger partial charge in [-0.15, -0.1) is 24.0 Å². The van der Waals surface area contributed by atoms with Crippen molar-refractivity contribution in [1.29, 1.82) is 0 Å². The second kappa shape index (κ2) is 12.8. The Kier molecular flexibility index (Phi) is 12.4. The number of hydrogen-bond acceptors (Lipinski definition) is 4. The van der Waals surface area contributed by atoms with E-state index in [4.69, 9.17) is 9.47 Å². The Bertz CT molecular complexity index is 363. The molecule has 0 radical (unpaired) electrons. The first-order valence-corrected chi connectivity index (χ1v) is 7.81. The fourth-order valence-electron chi connectivity index (χ4n) is 1.70. The summed E-state index contributed by atoms with van der Waals surface area (Å²) in [7, 11) is 7.05. The Morgan fingerprint density at radius 1 is 1.26 bits per heavy atom. The molecule has 1 saturated carbocycles. The molecular formula is C15H31IN4O3. The van der Waals surface area contributed by atoms with Gasteiger partial charge in [0, 0.05) is 47.9 Å².